The molecule has 0 heterocycles. The van der Waals surface area contributed by atoms with Gasteiger partial charge >= 0.3 is 0 Å². The van der Waals surface area contributed by atoms with Crippen molar-refractivity contribution in [3.05, 3.63) is 68.9 Å². The molecule has 0 saturated heterocycles. The van der Waals surface area contributed by atoms with Gasteiger partial charge in [0.2, 0.25) is 0 Å². The molecule has 0 fully saturated rings. The third-order valence-electron chi connectivity index (χ3n) is 2.80. The fraction of sp³-hybridized carbons (Fsp3) is 0.143. The van der Waals surface area contributed by atoms with Crippen LogP contribution in [0.25, 0.3) is 0 Å². The van der Waals surface area contributed by atoms with Crippen LogP contribution in [0, 0.1) is 24.4 Å². The molecule has 1 atom stereocenters. The Morgan fingerprint density at radius 1 is 1.05 bits per heavy atom. The number of aryl methyl sites for hydroxylation is 1. The van der Waals surface area contributed by atoms with E-state index < -0.39 is 22.8 Å². The molecule has 0 aromatic heterocycles. The van der Waals surface area contributed by atoms with Crippen LogP contribution in [0.5, 0.6) is 0 Å². The largest absolute Gasteiger partial charge is 0.207 e. The van der Waals surface area contributed by atoms with Gasteiger partial charge in [-0.2, -0.15) is 0 Å². The van der Waals surface area contributed by atoms with Gasteiger partial charge in [-0.25, -0.2) is 13.2 Å². The van der Waals surface area contributed by atoms with Crippen molar-refractivity contribution in [2.75, 3.05) is 0 Å². The topological polar surface area (TPSA) is 0 Å². The van der Waals surface area contributed by atoms with E-state index in [9.17, 15) is 13.2 Å². The van der Waals surface area contributed by atoms with Crippen molar-refractivity contribution in [3.63, 3.8) is 0 Å². The molecule has 19 heavy (non-hydrogen) atoms. The summed E-state index contributed by atoms with van der Waals surface area (Å²) in [5.74, 6) is -2.94. The van der Waals surface area contributed by atoms with Gasteiger partial charge in [-0.3, -0.25) is 0 Å². The molecule has 100 valence electrons. The Morgan fingerprint density at radius 2 is 1.63 bits per heavy atom. The minimum Gasteiger partial charge on any atom is -0.207 e. The summed E-state index contributed by atoms with van der Waals surface area (Å²) in [6.45, 7) is 1.79. The Hall–Kier alpha value is -1.00. The molecule has 2 aromatic rings. The summed E-state index contributed by atoms with van der Waals surface area (Å²) in [4.78, 5) is 0. The molecular formula is C14H9BrClF3. The Bertz CT molecular complexity index is 605. The average Bonchev–Trinajstić information content (AvgIpc) is 2.26. The first kappa shape index (κ1) is 14.4. The van der Waals surface area contributed by atoms with E-state index in [1.54, 1.807) is 25.1 Å². The quantitative estimate of drug-likeness (QED) is 0.628. The highest BCUT2D eigenvalue weighted by atomic mass is 79.9. The van der Waals surface area contributed by atoms with E-state index in [2.05, 4.69) is 15.9 Å². The molecule has 0 bridgehead atoms. The van der Waals surface area contributed by atoms with Gasteiger partial charge in [0.25, 0.3) is 0 Å². The molecule has 0 spiro atoms. The molecule has 0 amide bonds. The van der Waals surface area contributed by atoms with Crippen molar-refractivity contribution in [1.29, 1.82) is 0 Å². The molecule has 0 aliphatic carbocycles. The van der Waals surface area contributed by atoms with E-state index in [1.807, 2.05) is 0 Å². The molecule has 5 heteroatoms. The van der Waals surface area contributed by atoms with Gasteiger partial charge in [-0.05, 0) is 30.2 Å². The average molecular weight is 350 g/mol. The number of halogens is 5. The number of rotatable bonds is 2. The summed E-state index contributed by atoms with van der Waals surface area (Å²) in [7, 11) is 0. The van der Waals surface area contributed by atoms with Crippen molar-refractivity contribution < 1.29 is 13.2 Å². The lowest BCUT2D eigenvalue weighted by molar-refractivity contribution is 0.526. The van der Waals surface area contributed by atoms with Gasteiger partial charge < -0.3 is 0 Å². The zero-order valence-corrected chi connectivity index (χ0v) is 12.2. The fourth-order valence-electron chi connectivity index (χ4n) is 1.87. The van der Waals surface area contributed by atoms with Crippen molar-refractivity contribution in [1.82, 2.24) is 0 Å². The van der Waals surface area contributed by atoms with Crippen LogP contribution in [0.2, 0.25) is 0 Å². The number of alkyl halides is 1. The normalized spacial score (nSPS) is 12.5. The predicted octanol–water partition coefficient (Wildman–Crippen LogP) is 5.50. The summed E-state index contributed by atoms with van der Waals surface area (Å²) in [5, 5.41) is -1.01. The highest BCUT2D eigenvalue weighted by molar-refractivity contribution is 9.10. The molecule has 0 radical (unpaired) electrons. The molecule has 2 rings (SSSR count). The lowest BCUT2D eigenvalue weighted by atomic mass is 9.99. The summed E-state index contributed by atoms with van der Waals surface area (Å²) < 4.78 is 41.1. The summed E-state index contributed by atoms with van der Waals surface area (Å²) in [6.07, 6.45) is 0. The minimum absolute atomic E-state index is 0.339. The van der Waals surface area contributed by atoms with Crippen LogP contribution in [0.1, 0.15) is 22.1 Å². The Morgan fingerprint density at radius 3 is 2.16 bits per heavy atom. The van der Waals surface area contributed by atoms with Crippen molar-refractivity contribution in [2.45, 2.75) is 12.3 Å². The van der Waals surface area contributed by atoms with E-state index in [0.717, 1.165) is 10.0 Å². The van der Waals surface area contributed by atoms with Crippen molar-refractivity contribution in [2.24, 2.45) is 0 Å². The fourth-order valence-corrected chi connectivity index (χ4v) is 2.80. The molecule has 2 aromatic carbocycles. The first-order chi connectivity index (χ1) is 8.90. The molecule has 1 unspecified atom stereocenters. The Kier molecular flexibility index (Phi) is 4.21. The van der Waals surface area contributed by atoms with Crippen LogP contribution in [-0.4, -0.2) is 0 Å². The maximum atomic E-state index is 13.7. The van der Waals surface area contributed by atoms with Crippen LogP contribution < -0.4 is 0 Å². The van der Waals surface area contributed by atoms with Gasteiger partial charge in [0, 0.05) is 22.2 Å². The van der Waals surface area contributed by atoms with E-state index >= 15 is 0 Å². The summed E-state index contributed by atoms with van der Waals surface area (Å²) in [6, 6.07) is 6.46. The maximum Gasteiger partial charge on any atom is 0.134 e. The summed E-state index contributed by atoms with van der Waals surface area (Å²) in [5.41, 5.74) is 1.03. The lowest BCUT2D eigenvalue weighted by Gasteiger charge is -2.15. The molecular weight excluding hydrogens is 341 g/mol. The van der Waals surface area contributed by atoms with E-state index in [4.69, 9.17) is 11.6 Å². The smallest absolute Gasteiger partial charge is 0.134 e. The van der Waals surface area contributed by atoms with Crippen LogP contribution in [0.3, 0.4) is 0 Å². The zero-order valence-electron chi connectivity index (χ0n) is 9.85. The third-order valence-corrected chi connectivity index (χ3v) is 3.75. The standard InChI is InChI=1S/C14H9BrClF3/c1-7-4-8(15)2-3-10(7)14(16)13-11(18)5-9(17)6-12(13)19/h2-6,14H,1H3. The second kappa shape index (κ2) is 5.55. The number of benzene rings is 2. The van der Waals surface area contributed by atoms with Gasteiger partial charge in [0.15, 0.2) is 0 Å². The predicted molar refractivity (Wildman–Crippen MR) is 72.9 cm³/mol. The molecule has 0 aliphatic rings. The summed E-state index contributed by atoms with van der Waals surface area (Å²) >= 11 is 9.43. The zero-order chi connectivity index (χ0) is 14.2. The Labute approximate surface area is 122 Å². The van der Waals surface area contributed by atoms with Gasteiger partial charge in [-0.15, -0.1) is 11.6 Å². The molecule has 0 nitrogen and oxygen atoms in total. The van der Waals surface area contributed by atoms with Gasteiger partial charge in [0.1, 0.15) is 17.5 Å². The van der Waals surface area contributed by atoms with Gasteiger partial charge in [-0.1, -0.05) is 22.0 Å². The lowest BCUT2D eigenvalue weighted by Crippen LogP contribution is -2.03. The van der Waals surface area contributed by atoms with Crippen LogP contribution in [0.4, 0.5) is 13.2 Å². The SMILES string of the molecule is Cc1cc(Br)ccc1C(Cl)c1c(F)cc(F)cc1F. The Balaban J connectivity index is 2.53. The third kappa shape index (κ3) is 2.95. The second-order valence-corrected chi connectivity index (χ2v) is 5.50. The molecule has 0 saturated carbocycles. The van der Waals surface area contributed by atoms with E-state index in [0.29, 0.717) is 17.7 Å². The van der Waals surface area contributed by atoms with E-state index in [1.165, 1.54) is 0 Å². The number of hydrogen-bond acceptors (Lipinski definition) is 0. The van der Waals surface area contributed by atoms with Crippen LogP contribution >= 0.6 is 27.5 Å². The first-order valence-electron chi connectivity index (χ1n) is 5.44. The van der Waals surface area contributed by atoms with Crippen molar-refractivity contribution in [3.8, 4) is 0 Å². The van der Waals surface area contributed by atoms with Crippen molar-refractivity contribution >= 4 is 27.5 Å². The monoisotopic (exact) mass is 348 g/mol. The minimum atomic E-state index is -1.01. The van der Waals surface area contributed by atoms with E-state index in [-0.39, 0.29) is 5.56 Å². The highest BCUT2D eigenvalue weighted by Crippen LogP contribution is 2.35. The number of hydrogen-bond donors (Lipinski definition) is 0. The molecule has 0 aliphatic heterocycles. The molecule has 0 N–H and O–H groups in total. The second-order valence-electron chi connectivity index (χ2n) is 4.15. The maximum absolute atomic E-state index is 13.7. The van der Waals surface area contributed by atoms with Gasteiger partial charge in [0.05, 0.1) is 5.38 Å². The highest BCUT2D eigenvalue weighted by Gasteiger charge is 2.22. The first-order valence-corrected chi connectivity index (χ1v) is 6.67. The van der Waals surface area contributed by atoms with Crippen LogP contribution in [0.15, 0.2) is 34.8 Å². The van der Waals surface area contributed by atoms with Crippen LogP contribution in [-0.2, 0) is 0 Å².